The molecule has 0 saturated carbocycles. The number of aryl methyl sites for hydroxylation is 1. The first-order chi connectivity index (χ1) is 6.24. The first-order valence-corrected chi connectivity index (χ1v) is 4.90. The molecule has 2 aromatic rings. The van der Waals surface area contributed by atoms with E-state index in [9.17, 15) is 0 Å². The zero-order chi connectivity index (χ0) is 9.42. The molecule has 1 atom stereocenters. The molecule has 0 aliphatic carbocycles. The van der Waals surface area contributed by atoms with Crippen LogP contribution in [0.3, 0.4) is 0 Å². The fourth-order valence-corrected chi connectivity index (χ4v) is 2.21. The lowest BCUT2D eigenvalue weighted by Crippen LogP contribution is -2.17. The Balaban J connectivity index is 2.63. The number of aliphatic hydroxyl groups is 1. The van der Waals surface area contributed by atoms with Crippen LogP contribution >= 0.6 is 11.3 Å². The highest BCUT2D eigenvalue weighted by Gasteiger charge is 2.15. The molecule has 0 aliphatic rings. The van der Waals surface area contributed by atoms with E-state index in [-0.39, 0.29) is 12.6 Å². The third-order valence-electron chi connectivity index (χ3n) is 2.03. The van der Waals surface area contributed by atoms with Gasteiger partial charge in [-0.25, -0.2) is 4.98 Å². The van der Waals surface area contributed by atoms with Crippen molar-refractivity contribution in [1.29, 1.82) is 0 Å². The van der Waals surface area contributed by atoms with E-state index < -0.39 is 0 Å². The van der Waals surface area contributed by atoms with Gasteiger partial charge in [0, 0.05) is 11.6 Å². The van der Waals surface area contributed by atoms with Gasteiger partial charge in [0.05, 0.1) is 24.0 Å². The predicted octanol–water partition coefficient (Wildman–Crippen LogP) is 0.696. The van der Waals surface area contributed by atoms with Gasteiger partial charge in [-0.3, -0.25) is 4.40 Å². The van der Waals surface area contributed by atoms with Gasteiger partial charge in [0.15, 0.2) is 4.96 Å². The predicted molar refractivity (Wildman–Crippen MR) is 51.8 cm³/mol. The number of aliphatic hydroxyl groups excluding tert-OH is 1. The molecular formula is C8H11N3OS. The third kappa shape index (κ3) is 1.25. The highest BCUT2D eigenvalue weighted by Crippen LogP contribution is 2.20. The summed E-state index contributed by atoms with van der Waals surface area (Å²) >= 11 is 1.56. The summed E-state index contributed by atoms with van der Waals surface area (Å²) in [6.07, 6.45) is 1.92. The van der Waals surface area contributed by atoms with Gasteiger partial charge in [0.1, 0.15) is 0 Å². The molecule has 4 nitrogen and oxygen atoms in total. The summed E-state index contributed by atoms with van der Waals surface area (Å²) in [6.45, 7) is 1.86. The molecule has 0 bridgehead atoms. The first-order valence-electron chi connectivity index (χ1n) is 4.02. The maximum Gasteiger partial charge on any atom is 0.194 e. The molecule has 13 heavy (non-hydrogen) atoms. The molecule has 5 heteroatoms. The van der Waals surface area contributed by atoms with Crippen LogP contribution in [-0.4, -0.2) is 21.1 Å². The maximum atomic E-state index is 8.97. The maximum absolute atomic E-state index is 8.97. The molecule has 0 aliphatic heterocycles. The molecule has 0 unspecified atom stereocenters. The summed E-state index contributed by atoms with van der Waals surface area (Å²) < 4.78 is 1.93. The van der Waals surface area contributed by atoms with E-state index >= 15 is 0 Å². The van der Waals surface area contributed by atoms with Crippen molar-refractivity contribution < 1.29 is 5.11 Å². The normalized spacial score (nSPS) is 13.8. The first kappa shape index (κ1) is 8.68. The van der Waals surface area contributed by atoms with Crippen molar-refractivity contribution in [2.24, 2.45) is 5.73 Å². The summed E-state index contributed by atoms with van der Waals surface area (Å²) in [5.41, 5.74) is 7.56. The van der Waals surface area contributed by atoms with E-state index in [1.54, 1.807) is 11.3 Å². The molecule has 0 amide bonds. The van der Waals surface area contributed by atoms with Gasteiger partial charge in [-0.2, -0.15) is 0 Å². The lowest BCUT2D eigenvalue weighted by atomic mass is 10.2. The molecule has 0 aromatic carbocycles. The Kier molecular flexibility index (Phi) is 2.07. The van der Waals surface area contributed by atoms with Crippen LogP contribution in [0, 0.1) is 6.92 Å². The SMILES string of the molecule is Cc1nc2sccn2c1[C@@H](N)CO. The third-order valence-corrected chi connectivity index (χ3v) is 2.79. The van der Waals surface area contributed by atoms with Crippen molar-refractivity contribution in [3.8, 4) is 0 Å². The van der Waals surface area contributed by atoms with E-state index in [0.29, 0.717) is 0 Å². The van der Waals surface area contributed by atoms with Crippen LogP contribution in [0.5, 0.6) is 0 Å². The smallest absolute Gasteiger partial charge is 0.194 e. The lowest BCUT2D eigenvalue weighted by Gasteiger charge is -2.07. The van der Waals surface area contributed by atoms with Crippen molar-refractivity contribution in [1.82, 2.24) is 9.38 Å². The van der Waals surface area contributed by atoms with Crippen LogP contribution in [0.15, 0.2) is 11.6 Å². The lowest BCUT2D eigenvalue weighted by molar-refractivity contribution is 0.265. The summed E-state index contributed by atoms with van der Waals surface area (Å²) in [7, 11) is 0. The number of thiazole rings is 1. The Hall–Kier alpha value is -0.910. The Morgan fingerprint density at radius 1 is 1.77 bits per heavy atom. The van der Waals surface area contributed by atoms with Crippen LogP contribution in [0.4, 0.5) is 0 Å². The summed E-state index contributed by atoms with van der Waals surface area (Å²) in [5.74, 6) is 0. The van der Waals surface area contributed by atoms with Gasteiger partial charge >= 0.3 is 0 Å². The van der Waals surface area contributed by atoms with Crippen molar-refractivity contribution in [3.05, 3.63) is 23.0 Å². The Morgan fingerprint density at radius 2 is 2.54 bits per heavy atom. The molecule has 2 aromatic heterocycles. The Morgan fingerprint density at radius 3 is 3.23 bits per heavy atom. The van der Waals surface area contributed by atoms with Crippen molar-refractivity contribution in [2.75, 3.05) is 6.61 Å². The second-order valence-corrected chi connectivity index (χ2v) is 3.80. The number of rotatable bonds is 2. The second-order valence-electron chi connectivity index (χ2n) is 2.93. The average molecular weight is 197 g/mol. The van der Waals surface area contributed by atoms with E-state index in [4.69, 9.17) is 10.8 Å². The van der Waals surface area contributed by atoms with Gasteiger partial charge in [0.2, 0.25) is 0 Å². The monoisotopic (exact) mass is 197 g/mol. The molecule has 0 fully saturated rings. The summed E-state index contributed by atoms with van der Waals surface area (Å²) in [4.78, 5) is 5.26. The zero-order valence-electron chi connectivity index (χ0n) is 7.27. The molecule has 2 rings (SSSR count). The molecule has 0 saturated heterocycles. The largest absolute Gasteiger partial charge is 0.394 e. The topological polar surface area (TPSA) is 63.5 Å². The Labute approximate surface area is 79.6 Å². The van der Waals surface area contributed by atoms with E-state index in [1.165, 1.54) is 0 Å². The van der Waals surface area contributed by atoms with Gasteiger partial charge < -0.3 is 10.8 Å². The molecule has 3 N–H and O–H groups in total. The standard InChI is InChI=1S/C8H11N3OS/c1-5-7(6(9)4-12)11-2-3-13-8(11)10-5/h2-3,6,12H,4,9H2,1H3/t6-/m0/s1. The van der Waals surface area contributed by atoms with Gasteiger partial charge in [-0.15, -0.1) is 11.3 Å². The fourth-order valence-electron chi connectivity index (χ4n) is 1.44. The van der Waals surface area contributed by atoms with Gasteiger partial charge in [-0.1, -0.05) is 0 Å². The number of nitrogens with zero attached hydrogens (tertiary/aromatic N) is 2. The molecule has 0 radical (unpaired) electrons. The molecule has 2 heterocycles. The number of aromatic nitrogens is 2. The van der Waals surface area contributed by atoms with E-state index in [2.05, 4.69) is 4.98 Å². The average Bonchev–Trinajstić information content (AvgIpc) is 2.62. The fraction of sp³-hybridized carbons (Fsp3) is 0.375. The van der Waals surface area contributed by atoms with Gasteiger partial charge in [-0.05, 0) is 6.92 Å². The molecular weight excluding hydrogens is 186 g/mol. The highest BCUT2D eigenvalue weighted by molar-refractivity contribution is 7.15. The van der Waals surface area contributed by atoms with Crippen molar-refractivity contribution in [3.63, 3.8) is 0 Å². The number of hydrogen-bond donors (Lipinski definition) is 2. The second kappa shape index (κ2) is 3.10. The van der Waals surface area contributed by atoms with Gasteiger partial charge in [0.25, 0.3) is 0 Å². The number of fused-ring (bicyclic) bond motifs is 1. The Bertz CT molecular complexity index is 420. The van der Waals surface area contributed by atoms with Crippen LogP contribution < -0.4 is 5.73 Å². The summed E-state index contributed by atoms with van der Waals surface area (Å²) in [5, 5.41) is 10.9. The minimum atomic E-state index is -0.343. The number of hydrogen-bond acceptors (Lipinski definition) is 4. The van der Waals surface area contributed by atoms with Crippen LogP contribution in [0.1, 0.15) is 17.4 Å². The van der Waals surface area contributed by atoms with Crippen LogP contribution in [0.25, 0.3) is 4.96 Å². The minimum absolute atomic E-state index is 0.0511. The molecule has 0 spiro atoms. The van der Waals surface area contributed by atoms with E-state index in [0.717, 1.165) is 16.3 Å². The molecule has 70 valence electrons. The van der Waals surface area contributed by atoms with Crippen LogP contribution in [0.2, 0.25) is 0 Å². The summed E-state index contributed by atoms with van der Waals surface area (Å²) in [6, 6.07) is -0.343. The quantitative estimate of drug-likeness (QED) is 0.744. The van der Waals surface area contributed by atoms with Crippen molar-refractivity contribution >= 4 is 16.3 Å². The van der Waals surface area contributed by atoms with E-state index in [1.807, 2.05) is 22.9 Å². The highest BCUT2D eigenvalue weighted by atomic mass is 32.1. The zero-order valence-corrected chi connectivity index (χ0v) is 8.08. The number of nitrogens with two attached hydrogens (primary N) is 1. The van der Waals surface area contributed by atoms with Crippen molar-refractivity contribution in [2.45, 2.75) is 13.0 Å². The number of imidazole rings is 1. The van der Waals surface area contributed by atoms with Crippen LogP contribution in [-0.2, 0) is 0 Å². The minimum Gasteiger partial charge on any atom is -0.394 e.